The number of amides is 1. The Morgan fingerprint density at radius 2 is 1.84 bits per heavy atom. The standard InChI is InChI=1S/C24H24IN3O4/c1-2-31-23(29)17-32-22-9-8-18(15-21(22)25)14-19(16-26)24(30)28-12-10-27(11-13-28)20-6-4-3-5-7-20/h3-9,14-15H,2,10-13,17H2,1H3/b19-14-. The molecular formula is C24H24IN3O4. The molecule has 1 aliphatic heterocycles. The van der Waals surface area contributed by atoms with Gasteiger partial charge in [0, 0.05) is 31.9 Å². The van der Waals surface area contributed by atoms with Gasteiger partial charge in [0.15, 0.2) is 6.61 Å². The smallest absolute Gasteiger partial charge is 0.344 e. The molecule has 0 bridgehead atoms. The molecule has 3 rings (SSSR count). The van der Waals surface area contributed by atoms with Gasteiger partial charge in [-0.1, -0.05) is 24.3 Å². The molecule has 8 heteroatoms. The van der Waals surface area contributed by atoms with E-state index in [4.69, 9.17) is 9.47 Å². The van der Waals surface area contributed by atoms with Crippen molar-refractivity contribution in [1.29, 1.82) is 5.26 Å². The Labute approximate surface area is 201 Å². The number of para-hydroxylation sites is 1. The fourth-order valence-electron chi connectivity index (χ4n) is 3.35. The summed E-state index contributed by atoms with van der Waals surface area (Å²) in [5, 5.41) is 9.58. The second kappa shape index (κ2) is 11.5. The highest BCUT2D eigenvalue weighted by Crippen LogP contribution is 2.24. The van der Waals surface area contributed by atoms with E-state index in [-0.39, 0.29) is 18.1 Å². The zero-order valence-electron chi connectivity index (χ0n) is 17.8. The highest BCUT2D eigenvalue weighted by atomic mass is 127. The Bertz CT molecular complexity index is 1030. The molecule has 1 fully saturated rings. The molecule has 0 aliphatic carbocycles. The molecule has 0 radical (unpaired) electrons. The molecule has 0 N–H and O–H groups in total. The molecule has 0 saturated carbocycles. The average molecular weight is 545 g/mol. The van der Waals surface area contributed by atoms with Crippen molar-refractivity contribution in [2.24, 2.45) is 0 Å². The zero-order chi connectivity index (χ0) is 22.9. The molecule has 2 aromatic carbocycles. The molecule has 1 heterocycles. The average Bonchev–Trinajstić information content (AvgIpc) is 2.82. The quantitative estimate of drug-likeness (QED) is 0.229. The van der Waals surface area contributed by atoms with Gasteiger partial charge in [-0.3, -0.25) is 4.79 Å². The maximum Gasteiger partial charge on any atom is 0.344 e. The van der Waals surface area contributed by atoms with Crippen LogP contribution in [0.15, 0.2) is 54.1 Å². The van der Waals surface area contributed by atoms with E-state index >= 15 is 0 Å². The van der Waals surface area contributed by atoms with Crippen LogP contribution in [-0.2, 0) is 14.3 Å². The summed E-state index contributed by atoms with van der Waals surface area (Å²) in [7, 11) is 0. The van der Waals surface area contributed by atoms with Gasteiger partial charge in [0.1, 0.15) is 17.4 Å². The highest BCUT2D eigenvalue weighted by molar-refractivity contribution is 14.1. The van der Waals surface area contributed by atoms with Crippen LogP contribution in [0.5, 0.6) is 5.75 Å². The van der Waals surface area contributed by atoms with E-state index in [2.05, 4.69) is 39.6 Å². The summed E-state index contributed by atoms with van der Waals surface area (Å²) in [5.41, 5.74) is 1.94. The second-order valence-corrected chi connectivity index (χ2v) is 8.23. The van der Waals surface area contributed by atoms with Crippen LogP contribution in [0.2, 0.25) is 0 Å². The number of hydrogen-bond acceptors (Lipinski definition) is 6. The Morgan fingerprint density at radius 3 is 2.47 bits per heavy atom. The Morgan fingerprint density at radius 1 is 1.12 bits per heavy atom. The molecule has 0 spiro atoms. The third kappa shape index (κ3) is 6.23. The topological polar surface area (TPSA) is 82.9 Å². The zero-order valence-corrected chi connectivity index (χ0v) is 19.9. The molecule has 2 aromatic rings. The van der Waals surface area contributed by atoms with Crippen molar-refractivity contribution in [3.8, 4) is 11.8 Å². The summed E-state index contributed by atoms with van der Waals surface area (Å²) in [6.07, 6.45) is 1.59. The number of nitrogens with zero attached hydrogens (tertiary/aromatic N) is 3. The van der Waals surface area contributed by atoms with Gasteiger partial charge in [0.25, 0.3) is 5.91 Å². The number of anilines is 1. The molecular weight excluding hydrogens is 521 g/mol. The number of benzene rings is 2. The predicted molar refractivity (Wildman–Crippen MR) is 130 cm³/mol. The lowest BCUT2D eigenvalue weighted by atomic mass is 10.1. The lowest BCUT2D eigenvalue weighted by Crippen LogP contribution is -2.49. The van der Waals surface area contributed by atoms with Gasteiger partial charge >= 0.3 is 5.97 Å². The van der Waals surface area contributed by atoms with Crippen molar-refractivity contribution in [3.63, 3.8) is 0 Å². The predicted octanol–water partition coefficient (Wildman–Crippen LogP) is 3.49. The number of carbonyl (C=O) groups is 2. The van der Waals surface area contributed by atoms with Crippen LogP contribution >= 0.6 is 22.6 Å². The number of carbonyl (C=O) groups excluding carboxylic acids is 2. The summed E-state index contributed by atoms with van der Waals surface area (Å²) >= 11 is 2.09. The molecule has 0 atom stereocenters. The fourth-order valence-corrected chi connectivity index (χ4v) is 4.04. The maximum atomic E-state index is 12.9. The SMILES string of the molecule is CCOC(=O)COc1ccc(/C=C(/C#N)C(=O)N2CCN(c3ccccc3)CC2)cc1I. The van der Waals surface area contributed by atoms with Crippen LogP contribution in [0, 0.1) is 14.9 Å². The number of ether oxygens (including phenoxy) is 2. The van der Waals surface area contributed by atoms with E-state index in [1.54, 1.807) is 36.1 Å². The molecule has 0 aromatic heterocycles. The van der Waals surface area contributed by atoms with Crippen molar-refractivity contribution in [3.05, 3.63) is 63.2 Å². The minimum absolute atomic E-state index is 0.0918. The first-order valence-corrected chi connectivity index (χ1v) is 11.4. The van der Waals surface area contributed by atoms with Crippen molar-refractivity contribution < 1.29 is 19.1 Å². The van der Waals surface area contributed by atoms with Crippen molar-refractivity contribution in [2.45, 2.75) is 6.92 Å². The normalized spacial score (nSPS) is 14.0. The lowest BCUT2D eigenvalue weighted by Gasteiger charge is -2.36. The number of rotatable bonds is 7. The third-order valence-corrected chi connectivity index (χ3v) is 5.80. The molecule has 7 nitrogen and oxygen atoms in total. The van der Waals surface area contributed by atoms with Gasteiger partial charge in [-0.2, -0.15) is 5.26 Å². The van der Waals surface area contributed by atoms with E-state index in [0.29, 0.717) is 31.0 Å². The van der Waals surface area contributed by atoms with E-state index in [1.165, 1.54) is 0 Å². The van der Waals surface area contributed by atoms with Gasteiger partial charge < -0.3 is 19.3 Å². The van der Waals surface area contributed by atoms with E-state index in [9.17, 15) is 14.9 Å². The summed E-state index contributed by atoms with van der Waals surface area (Å²) in [6, 6.07) is 17.4. The summed E-state index contributed by atoms with van der Waals surface area (Å²) in [6.45, 7) is 4.43. The second-order valence-electron chi connectivity index (χ2n) is 7.07. The summed E-state index contributed by atoms with van der Waals surface area (Å²) in [5.74, 6) is -0.160. The lowest BCUT2D eigenvalue weighted by molar-refractivity contribution is -0.145. The van der Waals surface area contributed by atoms with Gasteiger partial charge in [-0.15, -0.1) is 0 Å². The molecule has 1 amide bonds. The highest BCUT2D eigenvalue weighted by Gasteiger charge is 2.24. The Hall–Kier alpha value is -3.06. The van der Waals surface area contributed by atoms with Crippen molar-refractivity contribution >= 4 is 46.2 Å². The molecule has 166 valence electrons. The van der Waals surface area contributed by atoms with Crippen LogP contribution in [0.3, 0.4) is 0 Å². The first-order chi connectivity index (χ1) is 15.5. The molecule has 1 aliphatic rings. The Kier molecular flexibility index (Phi) is 8.50. The fraction of sp³-hybridized carbons (Fsp3) is 0.292. The number of esters is 1. The number of piperazine rings is 1. The van der Waals surface area contributed by atoms with Crippen molar-refractivity contribution in [2.75, 3.05) is 44.3 Å². The first-order valence-electron chi connectivity index (χ1n) is 10.3. The minimum Gasteiger partial charge on any atom is -0.481 e. The third-order valence-electron chi connectivity index (χ3n) is 4.96. The van der Waals surface area contributed by atoms with Crippen LogP contribution < -0.4 is 9.64 Å². The van der Waals surface area contributed by atoms with Gasteiger partial charge in [0.05, 0.1) is 10.2 Å². The van der Waals surface area contributed by atoms with Gasteiger partial charge in [-0.05, 0) is 65.4 Å². The van der Waals surface area contributed by atoms with Crippen molar-refractivity contribution in [1.82, 2.24) is 4.90 Å². The largest absolute Gasteiger partial charge is 0.481 e. The van der Waals surface area contributed by atoms with E-state index < -0.39 is 5.97 Å². The van der Waals surface area contributed by atoms with Gasteiger partial charge in [-0.25, -0.2) is 4.79 Å². The number of halogens is 1. The summed E-state index contributed by atoms with van der Waals surface area (Å²) < 4.78 is 11.1. The summed E-state index contributed by atoms with van der Waals surface area (Å²) in [4.78, 5) is 28.3. The monoisotopic (exact) mass is 545 g/mol. The first kappa shape index (κ1) is 23.6. The number of hydrogen-bond donors (Lipinski definition) is 0. The van der Waals surface area contributed by atoms with Crippen LogP contribution in [0.4, 0.5) is 5.69 Å². The maximum absolute atomic E-state index is 12.9. The van der Waals surface area contributed by atoms with Crippen LogP contribution in [0.1, 0.15) is 12.5 Å². The minimum atomic E-state index is -0.433. The van der Waals surface area contributed by atoms with Crippen LogP contribution in [-0.4, -0.2) is 56.2 Å². The number of nitriles is 1. The van der Waals surface area contributed by atoms with E-state index in [0.717, 1.165) is 22.3 Å². The van der Waals surface area contributed by atoms with Crippen LogP contribution in [0.25, 0.3) is 6.08 Å². The Balaban J connectivity index is 1.63. The van der Waals surface area contributed by atoms with Gasteiger partial charge in [0.2, 0.25) is 0 Å². The van der Waals surface area contributed by atoms with E-state index in [1.807, 2.05) is 24.3 Å². The molecule has 1 saturated heterocycles. The molecule has 32 heavy (non-hydrogen) atoms. The molecule has 0 unspecified atom stereocenters.